The van der Waals surface area contributed by atoms with Crippen LogP contribution in [0.15, 0.2) is 36.7 Å². The molecule has 0 fully saturated rings. The summed E-state index contributed by atoms with van der Waals surface area (Å²) in [5, 5.41) is 20.0. The second-order valence-electron chi connectivity index (χ2n) is 7.40. The van der Waals surface area contributed by atoms with E-state index in [0.717, 1.165) is 0 Å². The summed E-state index contributed by atoms with van der Waals surface area (Å²) in [6.45, 7) is 0.728. The molecular formula is C20H23F3N8O3. The number of rotatable bonds is 11. The zero-order valence-corrected chi connectivity index (χ0v) is 18.4. The highest BCUT2D eigenvalue weighted by Gasteiger charge is 2.23. The number of amides is 2. The summed E-state index contributed by atoms with van der Waals surface area (Å²) in [6.07, 6.45) is -1.84. The van der Waals surface area contributed by atoms with Gasteiger partial charge in [-0.2, -0.15) is 8.78 Å². The minimum Gasteiger partial charge on any atom is -0.433 e. The van der Waals surface area contributed by atoms with Crippen molar-refractivity contribution in [1.29, 1.82) is 0 Å². The average Bonchev–Trinajstić information content (AvgIpc) is 3.44. The lowest BCUT2D eigenvalue weighted by Crippen LogP contribution is -2.23. The van der Waals surface area contributed by atoms with Crippen LogP contribution in [-0.4, -0.2) is 61.1 Å². The molecule has 2 amide bonds. The zero-order valence-electron chi connectivity index (χ0n) is 18.4. The number of ether oxygens (including phenoxy) is 1. The fourth-order valence-electron chi connectivity index (χ4n) is 2.90. The first-order chi connectivity index (χ1) is 16.1. The Morgan fingerprint density at radius 3 is 2.50 bits per heavy atom. The molecule has 182 valence electrons. The van der Waals surface area contributed by atoms with Crippen molar-refractivity contribution >= 4 is 11.8 Å². The van der Waals surface area contributed by atoms with Gasteiger partial charge in [0.15, 0.2) is 11.4 Å². The summed E-state index contributed by atoms with van der Waals surface area (Å²) < 4.78 is 47.4. The first-order valence-electron chi connectivity index (χ1n) is 10.2. The van der Waals surface area contributed by atoms with E-state index in [1.54, 1.807) is 6.07 Å². The molecule has 1 atom stereocenters. The van der Waals surface area contributed by atoms with Crippen molar-refractivity contribution in [1.82, 2.24) is 40.6 Å². The number of nitrogens with one attached hydrogen (secondary N) is 2. The second-order valence-corrected chi connectivity index (χ2v) is 7.40. The van der Waals surface area contributed by atoms with E-state index in [1.807, 2.05) is 0 Å². The number of hydrogen-bond acceptors (Lipinski definition) is 7. The lowest BCUT2D eigenvalue weighted by Gasteiger charge is -2.13. The van der Waals surface area contributed by atoms with Gasteiger partial charge in [-0.05, 0) is 17.7 Å². The quantitative estimate of drug-likeness (QED) is 0.426. The summed E-state index contributed by atoms with van der Waals surface area (Å²) in [4.78, 5) is 23.8. The number of benzene rings is 1. The normalized spacial score (nSPS) is 12.3. The van der Waals surface area contributed by atoms with E-state index in [4.69, 9.17) is 0 Å². The van der Waals surface area contributed by atoms with Crippen LogP contribution in [0.1, 0.15) is 39.9 Å². The van der Waals surface area contributed by atoms with Crippen LogP contribution in [0.3, 0.4) is 0 Å². The molecule has 2 N–H and O–H groups in total. The number of alkyl halides is 3. The summed E-state index contributed by atoms with van der Waals surface area (Å²) in [5.74, 6) is -0.979. The van der Waals surface area contributed by atoms with Gasteiger partial charge in [0.25, 0.3) is 11.8 Å². The fourth-order valence-corrected chi connectivity index (χ4v) is 2.90. The SMILES string of the molecule is CNC(=O)c1cn(CCC(F)Cn2cc(C(=O)NCc3cccc(OC(C)(F)F)c3)nn2)nn1. The van der Waals surface area contributed by atoms with Gasteiger partial charge in [-0.3, -0.25) is 14.3 Å². The van der Waals surface area contributed by atoms with Gasteiger partial charge >= 0.3 is 6.11 Å². The van der Waals surface area contributed by atoms with Crippen molar-refractivity contribution in [2.75, 3.05) is 7.05 Å². The van der Waals surface area contributed by atoms with E-state index in [-0.39, 0.29) is 49.1 Å². The maximum Gasteiger partial charge on any atom is 0.394 e. The van der Waals surface area contributed by atoms with E-state index in [0.29, 0.717) is 12.5 Å². The lowest BCUT2D eigenvalue weighted by atomic mass is 10.2. The molecule has 0 radical (unpaired) electrons. The standard InChI is InChI=1S/C20H23F3N8O3/c1-20(22,23)34-15-5-3-4-13(8-15)9-25-19(33)17-12-31(29-27-17)10-14(21)6-7-30-11-16(26-28-30)18(32)24-2/h3-5,8,11-12,14H,6-7,9-10H2,1-2H3,(H,24,32)(H,25,33). The van der Waals surface area contributed by atoms with Gasteiger partial charge in [0.05, 0.1) is 18.9 Å². The number of hydrogen-bond donors (Lipinski definition) is 2. The Balaban J connectivity index is 1.47. The second kappa shape index (κ2) is 10.8. The Hall–Kier alpha value is -3.97. The summed E-state index contributed by atoms with van der Waals surface area (Å²) in [7, 11) is 1.47. The van der Waals surface area contributed by atoms with Gasteiger partial charge in [-0.1, -0.05) is 22.6 Å². The molecular weight excluding hydrogens is 457 g/mol. The molecule has 2 aromatic heterocycles. The van der Waals surface area contributed by atoms with Gasteiger partial charge in [0.1, 0.15) is 11.9 Å². The summed E-state index contributed by atoms with van der Waals surface area (Å²) in [5.41, 5.74) is 0.651. The van der Waals surface area contributed by atoms with Crippen LogP contribution in [0, 0.1) is 0 Å². The molecule has 14 heteroatoms. The van der Waals surface area contributed by atoms with E-state index in [9.17, 15) is 22.8 Å². The monoisotopic (exact) mass is 480 g/mol. The Morgan fingerprint density at radius 2 is 1.79 bits per heavy atom. The molecule has 0 bridgehead atoms. The maximum atomic E-state index is 14.3. The zero-order chi connectivity index (χ0) is 24.7. The number of halogens is 3. The Morgan fingerprint density at radius 1 is 1.12 bits per heavy atom. The van der Waals surface area contributed by atoms with Crippen LogP contribution in [0.25, 0.3) is 0 Å². The topological polar surface area (TPSA) is 129 Å². The van der Waals surface area contributed by atoms with Crippen molar-refractivity contribution in [2.45, 2.75) is 45.3 Å². The molecule has 0 saturated carbocycles. The lowest BCUT2D eigenvalue weighted by molar-refractivity contribution is -0.159. The molecule has 34 heavy (non-hydrogen) atoms. The number of aromatic nitrogens is 6. The van der Waals surface area contributed by atoms with E-state index in [2.05, 4.69) is 36.0 Å². The van der Waals surface area contributed by atoms with Crippen molar-refractivity contribution in [3.05, 3.63) is 53.6 Å². The summed E-state index contributed by atoms with van der Waals surface area (Å²) in [6, 6.07) is 5.93. The van der Waals surface area contributed by atoms with Gasteiger partial charge in [0, 0.05) is 33.5 Å². The number of carbonyl (C=O) groups is 2. The molecule has 3 rings (SSSR count). The van der Waals surface area contributed by atoms with Gasteiger partial charge < -0.3 is 15.4 Å². The molecule has 1 aromatic carbocycles. The van der Waals surface area contributed by atoms with Crippen molar-refractivity contribution < 1.29 is 27.5 Å². The molecule has 3 aromatic rings. The van der Waals surface area contributed by atoms with Crippen LogP contribution >= 0.6 is 0 Å². The van der Waals surface area contributed by atoms with Crippen molar-refractivity contribution in [3.8, 4) is 5.75 Å². The first kappa shape index (κ1) is 24.7. The smallest absolute Gasteiger partial charge is 0.394 e. The number of carbonyl (C=O) groups excluding carboxylic acids is 2. The van der Waals surface area contributed by atoms with Crippen molar-refractivity contribution in [3.63, 3.8) is 0 Å². The third-order valence-electron chi connectivity index (χ3n) is 4.47. The molecule has 0 aliphatic heterocycles. The first-order valence-corrected chi connectivity index (χ1v) is 10.2. The molecule has 1 unspecified atom stereocenters. The highest BCUT2D eigenvalue weighted by molar-refractivity contribution is 5.92. The predicted molar refractivity (Wildman–Crippen MR) is 112 cm³/mol. The molecule has 0 aliphatic carbocycles. The Kier molecular flexibility index (Phi) is 7.81. The Bertz CT molecular complexity index is 1130. The molecule has 0 aliphatic rings. The van der Waals surface area contributed by atoms with E-state index < -0.39 is 18.2 Å². The van der Waals surface area contributed by atoms with Crippen LogP contribution in [0.5, 0.6) is 5.75 Å². The van der Waals surface area contributed by atoms with Crippen LogP contribution in [0.2, 0.25) is 0 Å². The summed E-state index contributed by atoms with van der Waals surface area (Å²) >= 11 is 0. The van der Waals surface area contributed by atoms with E-state index >= 15 is 0 Å². The van der Waals surface area contributed by atoms with E-state index in [1.165, 1.54) is 47.0 Å². The third kappa shape index (κ3) is 7.28. The largest absolute Gasteiger partial charge is 0.433 e. The molecule has 2 heterocycles. The van der Waals surface area contributed by atoms with Crippen molar-refractivity contribution in [2.24, 2.45) is 0 Å². The number of nitrogens with zero attached hydrogens (tertiary/aromatic N) is 6. The molecule has 0 spiro atoms. The highest BCUT2D eigenvalue weighted by Crippen LogP contribution is 2.21. The van der Waals surface area contributed by atoms with Gasteiger partial charge in [-0.25, -0.2) is 9.07 Å². The van der Waals surface area contributed by atoms with Crippen LogP contribution in [-0.2, 0) is 19.6 Å². The Labute approximate surface area is 192 Å². The van der Waals surface area contributed by atoms with Crippen LogP contribution in [0.4, 0.5) is 13.2 Å². The van der Waals surface area contributed by atoms with Crippen LogP contribution < -0.4 is 15.4 Å². The van der Waals surface area contributed by atoms with Gasteiger partial charge in [0.2, 0.25) is 0 Å². The number of aryl methyl sites for hydroxylation is 1. The maximum absolute atomic E-state index is 14.3. The third-order valence-corrected chi connectivity index (χ3v) is 4.47. The van der Waals surface area contributed by atoms with Gasteiger partial charge in [-0.15, -0.1) is 10.2 Å². The minimum atomic E-state index is -3.32. The fraction of sp³-hybridized carbons (Fsp3) is 0.400. The highest BCUT2D eigenvalue weighted by atomic mass is 19.3. The average molecular weight is 480 g/mol. The molecule has 0 saturated heterocycles. The minimum absolute atomic E-state index is 0.0220. The predicted octanol–water partition coefficient (Wildman–Crippen LogP) is 1.58. The molecule has 11 nitrogen and oxygen atoms in total.